The molecule has 2 nitrogen and oxygen atoms in total. The number of ether oxygens (including phenoxy) is 1. The highest BCUT2D eigenvalue weighted by molar-refractivity contribution is 8.01. The molecule has 1 aromatic rings. The molecule has 2 aliphatic carbocycles. The topological polar surface area (TPSA) is 26.3 Å². The molecule has 0 aliphatic heterocycles. The lowest BCUT2D eigenvalue weighted by molar-refractivity contribution is -0.153. The molecule has 0 N–H and O–H groups in total. The van der Waals surface area contributed by atoms with Gasteiger partial charge in [0.15, 0.2) is 0 Å². The highest BCUT2D eigenvalue weighted by Crippen LogP contribution is 2.66. The second-order valence-electron chi connectivity index (χ2n) is 6.81. The summed E-state index contributed by atoms with van der Waals surface area (Å²) in [6, 6.07) is 4.06. The first-order valence-electron chi connectivity index (χ1n) is 7.29. The molecule has 110 valence electrons. The van der Waals surface area contributed by atoms with E-state index in [-0.39, 0.29) is 17.5 Å². The Balaban J connectivity index is 1.58. The van der Waals surface area contributed by atoms with Crippen LogP contribution in [0.2, 0.25) is 0 Å². The van der Waals surface area contributed by atoms with Crippen LogP contribution in [0.15, 0.2) is 21.7 Å². The summed E-state index contributed by atoms with van der Waals surface area (Å²) in [5.74, 6) is 1.09. The van der Waals surface area contributed by atoms with Gasteiger partial charge in [-0.2, -0.15) is 0 Å². The number of rotatable bonds is 4. The number of hydrogen-bond donors (Lipinski definition) is 0. The van der Waals surface area contributed by atoms with Gasteiger partial charge < -0.3 is 4.74 Å². The summed E-state index contributed by atoms with van der Waals surface area (Å²) in [5, 5.41) is 2.03. The standard InChI is InChI=1S/C16H22O2S2/c1-15(2)11-6-7-16(15,3)12(9-11)18-13(17)10-20-14-5-4-8-19-14/h4-5,8,11-12H,6-7,9-10H2,1-3H3. The van der Waals surface area contributed by atoms with Gasteiger partial charge in [-0.15, -0.1) is 23.1 Å². The molecule has 0 radical (unpaired) electrons. The Labute approximate surface area is 129 Å². The Morgan fingerprint density at radius 2 is 2.30 bits per heavy atom. The molecule has 1 heterocycles. The Kier molecular flexibility index (Phi) is 3.66. The van der Waals surface area contributed by atoms with Crippen LogP contribution < -0.4 is 0 Å². The van der Waals surface area contributed by atoms with E-state index >= 15 is 0 Å². The highest BCUT2D eigenvalue weighted by atomic mass is 32.2. The van der Waals surface area contributed by atoms with E-state index in [1.165, 1.54) is 17.1 Å². The van der Waals surface area contributed by atoms with Gasteiger partial charge in [0.2, 0.25) is 0 Å². The molecule has 0 amide bonds. The Hall–Kier alpha value is -0.480. The number of thioether (sulfide) groups is 1. The maximum absolute atomic E-state index is 12.1. The second-order valence-corrected chi connectivity index (χ2v) is 9.03. The van der Waals surface area contributed by atoms with Crippen molar-refractivity contribution in [3.05, 3.63) is 17.5 Å². The summed E-state index contributed by atoms with van der Waals surface area (Å²) >= 11 is 3.26. The summed E-state index contributed by atoms with van der Waals surface area (Å²) < 4.78 is 7.01. The molecule has 3 atom stereocenters. The van der Waals surface area contributed by atoms with E-state index in [9.17, 15) is 4.79 Å². The quantitative estimate of drug-likeness (QED) is 0.600. The molecule has 0 spiro atoms. The van der Waals surface area contributed by atoms with Crippen LogP contribution in [0, 0.1) is 16.7 Å². The monoisotopic (exact) mass is 310 g/mol. The van der Waals surface area contributed by atoms with Crippen LogP contribution in [-0.2, 0) is 9.53 Å². The molecule has 0 saturated heterocycles. The minimum Gasteiger partial charge on any atom is -0.461 e. The molecule has 0 aromatic carbocycles. The Morgan fingerprint density at radius 3 is 2.85 bits per heavy atom. The van der Waals surface area contributed by atoms with Crippen molar-refractivity contribution in [2.45, 2.75) is 50.3 Å². The Morgan fingerprint density at radius 1 is 1.50 bits per heavy atom. The number of thiophene rings is 1. The van der Waals surface area contributed by atoms with E-state index < -0.39 is 0 Å². The number of hydrogen-bond acceptors (Lipinski definition) is 4. The van der Waals surface area contributed by atoms with Crippen molar-refractivity contribution in [3.63, 3.8) is 0 Å². The molecule has 3 rings (SSSR count). The zero-order valence-corrected chi connectivity index (χ0v) is 14.0. The zero-order chi connectivity index (χ0) is 14.4. The lowest BCUT2D eigenvalue weighted by Crippen LogP contribution is -2.38. The van der Waals surface area contributed by atoms with E-state index in [0.717, 1.165) is 12.3 Å². The fraction of sp³-hybridized carbons (Fsp3) is 0.688. The normalized spacial score (nSPS) is 34.4. The molecule has 2 fully saturated rings. The van der Waals surface area contributed by atoms with E-state index in [4.69, 9.17) is 4.74 Å². The van der Waals surface area contributed by atoms with Crippen LogP contribution in [0.3, 0.4) is 0 Å². The lowest BCUT2D eigenvalue weighted by Gasteiger charge is -2.38. The maximum atomic E-state index is 12.1. The van der Waals surface area contributed by atoms with Crippen molar-refractivity contribution in [1.82, 2.24) is 0 Å². The van der Waals surface area contributed by atoms with Crippen LogP contribution in [0.1, 0.15) is 40.0 Å². The zero-order valence-electron chi connectivity index (χ0n) is 12.3. The lowest BCUT2D eigenvalue weighted by atomic mass is 9.70. The third-order valence-corrected chi connectivity index (χ3v) is 7.92. The largest absolute Gasteiger partial charge is 0.461 e. The molecule has 4 heteroatoms. The number of carbonyl (C=O) groups excluding carboxylic acids is 1. The predicted molar refractivity (Wildman–Crippen MR) is 84.2 cm³/mol. The average Bonchev–Trinajstić information content (AvgIpc) is 3.02. The minimum absolute atomic E-state index is 0.0574. The van der Waals surface area contributed by atoms with Gasteiger partial charge in [-0.1, -0.05) is 26.8 Å². The summed E-state index contributed by atoms with van der Waals surface area (Å²) in [6.45, 7) is 7.00. The molecule has 3 unspecified atom stereocenters. The van der Waals surface area contributed by atoms with Crippen molar-refractivity contribution >= 4 is 29.1 Å². The van der Waals surface area contributed by atoms with E-state index in [1.54, 1.807) is 23.1 Å². The van der Waals surface area contributed by atoms with Gasteiger partial charge in [0.05, 0.1) is 9.96 Å². The van der Waals surface area contributed by atoms with Gasteiger partial charge in [0, 0.05) is 5.41 Å². The summed E-state index contributed by atoms with van der Waals surface area (Å²) in [4.78, 5) is 12.1. The van der Waals surface area contributed by atoms with Crippen LogP contribution >= 0.6 is 23.1 Å². The van der Waals surface area contributed by atoms with Crippen molar-refractivity contribution in [3.8, 4) is 0 Å². The van der Waals surface area contributed by atoms with E-state index in [2.05, 4.69) is 20.8 Å². The van der Waals surface area contributed by atoms with Crippen molar-refractivity contribution in [1.29, 1.82) is 0 Å². The van der Waals surface area contributed by atoms with Crippen molar-refractivity contribution in [2.24, 2.45) is 16.7 Å². The first-order valence-corrected chi connectivity index (χ1v) is 9.16. The van der Waals surface area contributed by atoms with Crippen molar-refractivity contribution < 1.29 is 9.53 Å². The van der Waals surface area contributed by atoms with Crippen LogP contribution in [-0.4, -0.2) is 17.8 Å². The third-order valence-electron chi connectivity index (χ3n) is 5.82. The van der Waals surface area contributed by atoms with Crippen molar-refractivity contribution in [2.75, 3.05) is 5.75 Å². The van der Waals surface area contributed by atoms with Gasteiger partial charge >= 0.3 is 5.97 Å². The minimum atomic E-state index is -0.0574. The fourth-order valence-corrected chi connectivity index (χ4v) is 5.54. The molecule has 2 aliphatic rings. The molecular weight excluding hydrogens is 288 g/mol. The predicted octanol–water partition coefficient (Wildman–Crippen LogP) is 4.60. The number of esters is 1. The molecule has 20 heavy (non-hydrogen) atoms. The SMILES string of the molecule is CC1(C)C2CCC1(C)C(OC(=O)CSc1cccs1)C2. The number of carbonyl (C=O) groups is 1. The van der Waals surface area contributed by atoms with Crippen LogP contribution in [0.4, 0.5) is 0 Å². The van der Waals surface area contributed by atoms with Gasteiger partial charge in [-0.05, 0) is 42.0 Å². The maximum Gasteiger partial charge on any atom is 0.316 e. The van der Waals surface area contributed by atoms with Gasteiger partial charge in [-0.3, -0.25) is 4.79 Å². The number of fused-ring (bicyclic) bond motifs is 2. The summed E-state index contributed by atoms with van der Waals surface area (Å²) in [6.07, 6.45) is 3.66. The summed E-state index contributed by atoms with van der Waals surface area (Å²) in [5.41, 5.74) is 0.472. The molecule has 2 saturated carbocycles. The molecule has 1 aromatic heterocycles. The van der Waals surface area contributed by atoms with E-state index in [1.807, 2.05) is 17.5 Å². The van der Waals surface area contributed by atoms with E-state index in [0.29, 0.717) is 11.2 Å². The first kappa shape index (κ1) is 14.5. The average molecular weight is 310 g/mol. The Bertz CT molecular complexity index is 495. The first-order chi connectivity index (χ1) is 9.43. The molecule has 2 bridgehead atoms. The van der Waals surface area contributed by atoms with Crippen LogP contribution in [0.5, 0.6) is 0 Å². The fourth-order valence-electron chi connectivity index (χ4n) is 3.98. The molecular formula is C16H22O2S2. The summed E-state index contributed by atoms with van der Waals surface area (Å²) in [7, 11) is 0. The third kappa shape index (κ3) is 2.21. The van der Waals surface area contributed by atoms with Gasteiger partial charge in [0.25, 0.3) is 0 Å². The van der Waals surface area contributed by atoms with Crippen LogP contribution in [0.25, 0.3) is 0 Å². The smallest absolute Gasteiger partial charge is 0.316 e. The van der Waals surface area contributed by atoms with Gasteiger partial charge in [-0.25, -0.2) is 0 Å². The van der Waals surface area contributed by atoms with Gasteiger partial charge in [0.1, 0.15) is 6.10 Å². The second kappa shape index (κ2) is 5.06. The highest BCUT2D eigenvalue weighted by Gasteiger charge is 2.62.